The minimum absolute atomic E-state index is 0.0903. The van der Waals surface area contributed by atoms with Crippen LogP contribution in [0.1, 0.15) is 0 Å². The molecule has 42 valence electrons. The summed E-state index contributed by atoms with van der Waals surface area (Å²) in [6, 6.07) is 0. The number of rotatable bonds is 0. The van der Waals surface area contributed by atoms with E-state index in [-0.39, 0.29) is 13.1 Å². The number of quaternary nitrogens is 1. The van der Waals surface area contributed by atoms with Crippen LogP contribution >= 0.6 is 0 Å². The van der Waals surface area contributed by atoms with Crippen molar-refractivity contribution in [3.63, 3.8) is 0 Å². The molecule has 0 saturated carbocycles. The molecule has 1 saturated heterocycles. The van der Waals surface area contributed by atoms with Crippen molar-refractivity contribution < 1.29 is 13.7 Å². The summed E-state index contributed by atoms with van der Waals surface area (Å²) in [5.74, 6) is -2.41. The first-order valence-electron chi connectivity index (χ1n) is 2.15. The summed E-state index contributed by atoms with van der Waals surface area (Å²) in [6.45, 7) is -0.181. The second-order valence-electron chi connectivity index (χ2n) is 1.96. The monoisotopic (exact) mass is 107 g/mol. The Balaban J connectivity index is 2.29. The zero-order valence-corrected chi connectivity index (χ0v) is 3.88. The molecule has 0 aliphatic carbocycles. The number of hydrogen-bond donors (Lipinski definition) is 1. The second-order valence-corrected chi connectivity index (χ2v) is 1.96. The molecule has 1 aliphatic rings. The third-order valence-electron chi connectivity index (χ3n) is 1.02. The Morgan fingerprint density at radius 3 is 1.86 bits per heavy atom. The molecule has 1 aliphatic heterocycles. The van der Waals surface area contributed by atoms with E-state index in [4.69, 9.17) is 0 Å². The van der Waals surface area contributed by atoms with E-state index in [2.05, 4.69) is 7.05 Å². The lowest BCUT2D eigenvalue weighted by Gasteiger charge is -2.37. The molecule has 0 atom stereocenters. The Bertz CT molecular complexity index is 73.8. The predicted molar refractivity (Wildman–Crippen MR) is 21.0 cm³/mol. The van der Waals surface area contributed by atoms with Crippen LogP contribution in [0.25, 0.3) is 0 Å². The summed E-state index contributed by atoms with van der Waals surface area (Å²) in [5.41, 5.74) is 0. The first-order valence-corrected chi connectivity index (χ1v) is 2.15. The molecule has 0 unspecified atom stereocenters. The van der Waals surface area contributed by atoms with Crippen LogP contribution in [-0.2, 0) is 0 Å². The molecule has 0 radical (unpaired) electrons. The zero-order valence-electron chi connectivity index (χ0n) is 3.88. The van der Waals surface area contributed by atoms with E-state index in [1.54, 1.807) is 0 Å². The molecular weight excluding hydrogens is 100 g/mol. The van der Waals surface area contributed by atoms with Gasteiger partial charge in [0.25, 0.3) is 0 Å². The second kappa shape index (κ2) is 1.15. The quantitative estimate of drug-likeness (QED) is 0.391. The van der Waals surface area contributed by atoms with E-state index in [9.17, 15) is 8.78 Å². The van der Waals surface area contributed by atoms with Crippen LogP contribution in [0, 0.1) is 7.05 Å². The fraction of sp³-hybridized carbons (Fsp3) is 0.750. The van der Waals surface area contributed by atoms with Gasteiger partial charge in [-0.05, 0) is 0 Å². The van der Waals surface area contributed by atoms with Gasteiger partial charge in [-0.25, -0.2) is 0 Å². The van der Waals surface area contributed by atoms with Crippen molar-refractivity contribution in [1.29, 1.82) is 0 Å². The lowest BCUT2D eigenvalue weighted by molar-refractivity contribution is -0.923. The smallest absolute Gasteiger partial charge is 0.338 e. The van der Waals surface area contributed by atoms with E-state index >= 15 is 0 Å². The SMILES string of the molecule is [CH2-][NH+]1CC(F)(F)C1. The molecule has 1 nitrogen and oxygen atoms in total. The standard InChI is InChI=1S/C4H7F2N/c1-7-2-4(5,6)3-7/h7H,1-3H2. The average Bonchev–Trinajstić information content (AvgIpc) is 1.27. The van der Waals surface area contributed by atoms with Crippen molar-refractivity contribution >= 4 is 0 Å². The highest BCUT2D eigenvalue weighted by Crippen LogP contribution is 2.12. The van der Waals surface area contributed by atoms with Crippen LogP contribution in [0.15, 0.2) is 0 Å². The van der Waals surface area contributed by atoms with Crippen molar-refractivity contribution in [2.75, 3.05) is 13.1 Å². The van der Waals surface area contributed by atoms with E-state index in [1.165, 1.54) is 0 Å². The summed E-state index contributed by atoms with van der Waals surface area (Å²) >= 11 is 0. The molecule has 0 spiro atoms. The Hall–Kier alpha value is -0.180. The van der Waals surface area contributed by atoms with Gasteiger partial charge in [-0.1, -0.05) is 0 Å². The lowest BCUT2D eigenvalue weighted by atomic mass is 10.2. The normalized spacial score (nSPS) is 29.6. The third-order valence-corrected chi connectivity index (χ3v) is 1.02. The maximum absolute atomic E-state index is 11.7. The first kappa shape index (κ1) is 4.97. The van der Waals surface area contributed by atoms with Crippen LogP contribution < -0.4 is 4.90 Å². The van der Waals surface area contributed by atoms with E-state index < -0.39 is 5.92 Å². The van der Waals surface area contributed by atoms with Crippen LogP contribution in [-0.4, -0.2) is 19.0 Å². The average molecular weight is 107 g/mol. The largest absolute Gasteiger partial charge is 0.458 e. The minimum Gasteiger partial charge on any atom is -0.458 e. The fourth-order valence-corrected chi connectivity index (χ4v) is 0.680. The molecule has 7 heavy (non-hydrogen) atoms. The van der Waals surface area contributed by atoms with Gasteiger partial charge in [0, 0.05) is 0 Å². The molecule has 0 aromatic heterocycles. The number of halogens is 2. The number of hydrogen-bond acceptors (Lipinski definition) is 0. The number of alkyl halides is 2. The summed E-state index contributed by atoms with van der Waals surface area (Å²) in [7, 11) is 3.38. The molecule has 1 rings (SSSR count). The molecule has 0 bridgehead atoms. The minimum atomic E-state index is -2.41. The molecule has 1 N–H and O–H groups in total. The molecular formula is C4H7F2N. The highest BCUT2D eigenvalue weighted by Gasteiger charge is 2.43. The molecule has 3 heteroatoms. The Kier molecular flexibility index (Phi) is 0.819. The Morgan fingerprint density at radius 2 is 1.86 bits per heavy atom. The Morgan fingerprint density at radius 1 is 1.43 bits per heavy atom. The number of likely N-dealkylation sites (tertiary alicyclic amines) is 1. The van der Waals surface area contributed by atoms with Crippen molar-refractivity contribution in [2.45, 2.75) is 5.92 Å². The van der Waals surface area contributed by atoms with Gasteiger partial charge < -0.3 is 4.90 Å². The van der Waals surface area contributed by atoms with Gasteiger partial charge >= 0.3 is 5.92 Å². The number of nitrogens with one attached hydrogen (secondary N) is 1. The van der Waals surface area contributed by atoms with Gasteiger partial charge in [0.05, 0.1) is 0 Å². The van der Waals surface area contributed by atoms with E-state index in [0.29, 0.717) is 4.90 Å². The third kappa shape index (κ3) is 0.881. The Labute approximate surface area is 40.9 Å². The predicted octanol–water partition coefficient (Wildman–Crippen LogP) is -0.688. The van der Waals surface area contributed by atoms with Gasteiger partial charge in [0.15, 0.2) is 0 Å². The molecule has 0 aromatic rings. The maximum Gasteiger partial charge on any atom is 0.338 e. The lowest BCUT2D eigenvalue weighted by Crippen LogP contribution is -3.18. The van der Waals surface area contributed by atoms with Gasteiger partial charge in [0.1, 0.15) is 13.1 Å². The van der Waals surface area contributed by atoms with Gasteiger partial charge in [0.2, 0.25) is 0 Å². The topological polar surface area (TPSA) is 4.44 Å². The summed E-state index contributed by atoms with van der Waals surface area (Å²) < 4.78 is 23.5. The summed E-state index contributed by atoms with van der Waals surface area (Å²) in [5, 5.41) is 0. The van der Waals surface area contributed by atoms with Crippen LogP contribution in [0.5, 0.6) is 0 Å². The van der Waals surface area contributed by atoms with Crippen molar-refractivity contribution in [3.8, 4) is 0 Å². The maximum atomic E-state index is 11.7. The zero-order chi connectivity index (χ0) is 5.49. The van der Waals surface area contributed by atoms with Crippen molar-refractivity contribution in [1.82, 2.24) is 0 Å². The highest BCUT2D eigenvalue weighted by atomic mass is 19.3. The van der Waals surface area contributed by atoms with Gasteiger partial charge in [-0.2, -0.15) is 15.8 Å². The summed E-state index contributed by atoms with van der Waals surface area (Å²) in [4.78, 5) is 0.671. The highest BCUT2D eigenvalue weighted by molar-refractivity contribution is 4.69. The van der Waals surface area contributed by atoms with Crippen LogP contribution in [0.2, 0.25) is 0 Å². The van der Waals surface area contributed by atoms with E-state index in [1.807, 2.05) is 0 Å². The molecule has 1 heterocycles. The van der Waals surface area contributed by atoms with Gasteiger partial charge in [-0.3, -0.25) is 0 Å². The first-order chi connectivity index (χ1) is 3.10. The molecule has 1 fully saturated rings. The fourth-order valence-electron chi connectivity index (χ4n) is 0.680. The van der Waals surface area contributed by atoms with Crippen LogP contribution in [0.4, 0.5) is 8.78 Å². The van der Waals surface area contributed by atoms with Crippen molar-refractivity contribution in [3.05, 3.63) is 7.05 Å². The van der Waals surface area contributed by atoms with Crippen molar-refractivity contribution in [2.24, 2.45) is 0 Å². The summed E-state index contributed by atoms with van der Waals surface area (Å²) in [6.07, 6.45) is 0. The van der Waals surface area contributed by atoms with Crippen LogP contribution in [0.3, 0.4) is 0 Å². The molecule has 0 aromatic carbocycles. The van der Waals surface area contributed by atoms with E-state index in [0.717, 1.165) is 0 Å². The molecule has 0 amide bonds. The van der Waals surface area contributed by atoms with Gasteiger partial charge in [-0.15, -0.1) is 0 Å².